The Bertz CT molecular complexity index is 337. The Kier molecular flexibility index (Phi) is 4.28. The van der Waals surface area contributed by atoms with Gasteiger partial charge in [0.25, 0.3) is 0 Å². The molecule has 17 heavy (non-hydrogen) atoms. The van der Waals surface area contributed by atoms with Gasteiger partial charge in [-0.05, 0) is 19.9 Å². The molecule has 1 aliphatic rings. The van der Waals surface area contributed by atoms with Gasteiger partial charge in [-0.3, -0.25) is 0 Å². The van der Waals surface area contributed by atoms with Gasteiger partial charge in [0.1, 0.15) is 0 Å². The molecule has 0 aromatic carbocycles. The fourth-order valence-electron chi connectivity index (χ4n) is 1.81. The van der Waals surface area contributed by atoms with Crippen molar-refractivity contribution in [3.8, 4) is 0 Å². The number of nitrogens with zero attached hydrogens (tertiary/aromatic N) is 3. The normalized spacial score (nSPS) is 14.9. The summed E-state index contributed by atoms with van der Waals surface area (Å²) in [5.74, 6) is 0.824. The SMILES string of the molecule is CNCc1cnc(N(CCOC)C2CC2)nc1. The molecule has 5 heteroatoms. The Morgan fingerprint density at radius 3 is 2.65 bits per heavy atom. The maximum atomic E-state index is 5.13. The average Bonchev–Trinajstić information content (AvgIpc) is 3.16. The van der Waals surface area contributed by atoms with Crippen LogP contribution in [-0.4, -0.2) is 43.3 Å². The molecular formula is C12H20N4O. The van der Waals surface area contributed by atoms with Crippen LogP contribution in [0.5, 0.6) is 0 Å². The van der Waals surface area contributed by atoms with Gasteiger partial charge in [-0.15, -0.1) is 0 Å². The van der Waals surface area contributed by atoms with Gasteiger partial charge in [0.2, 0.25) is 5.95 Å². The highest BCUT2D eigenvalue weighted by Crippen LogP contribution is 2.29. The van der Waals surface area contributed by atoms with Crippen LogP contribution in [0.4, 0.5) is 5.95 Å². The van der Waals surface area contributed by atoms with Crippen molar-refractivity contribution >= 4 is 5.95 Å². The Morgan fingerprint density at radius 1 is 1.41 bits per heavy atom. The molecule has 0 saturated heterocycles. The maximum absolute atomic E-state index is 5.13. The summed E-state index contributed by atoms with van der Waals surface area (Å²) >= 11 is 0. The summed E-state index contributed by atoms with van der Waals surface area (Å²) in [5.41, 5.74) is 1.11. The summed E-state index contributed by atoms with van der Waals surface area (Å²) in [4.78, 5) is 11.1. The third kappa shape index (κ3) is 3.38. The van der Waals surface area contributed by atoms with Crippen LogP contribution in [0.15, 0.2) is 12.4 Å². The van der Waals surface area contributed by atoms with Crippen LogP contribution in [0.1, 0.15) is 18.4 Å². The zero-order chi connectivity index (χ0) is 12.1. The fraction of sp³-hybridized carbons (Fsp3) is 0.667. The molecule has 1 N–H and O–H groups in total. The number of aromatic nitrogens is 2. The van der Waals surface area contributed by atoms with Gasteiger partial charge in [-0.2, -0.15) is 0 Å². The van der Waals surface area contributed by atoms with Crippen LogP contribution >= 0.6 is 0 Å². The quantitative estimate of drug-likeness (QED) is 0.759. The number of hydrogen-bond donors (Lipinski definition) is 1. The topological polar surface area (TPSA) is 50.3 Å². The number of hydrogen-bond acceptors (Lipinski definition) is 5. The molecule has 0 radical (unpaired) electrons. The predicted octanol–water partition coefficient (Wildman–Crippen LogP) is 0.811. The lowest BCUT2D eigenvalue weighted by atomic mass is 10.3. The Morgan fingerprint density at radius 2 is 2.12 bits per heavy atom. The van der Waals surface area contributed by atoms with Crippen molar-refractivity contribution in [3.05, 3.63) is 18.0 Å². The van der Waals surface area contributed by atoms with Gasteiger partial charge in [0.05, 0.1) is 6.61 Å². The van der Waals surface area contributed by atoms with Crippen LogP contribution < -0.4 is 10.2 Å². The van der Waals surface area contributed by atoms with Crippen molar-refractivity contribution in [2.45, 2.75) is 25.4 Å². The van der Waals surface area contributed by atoms with Crippen molar-refractivity contribution in [1.29, 1.82) is 0 Å². The second-order valence-electron chi connectivity index (χ2n) is 4.34. The predicted molar refractivity (Wildman–Crippen MR) is 67.0 cm³/mol. The highest BCUT2D eigenvalue weighted by atomic mass is 16.5. The van der Waals surface area contributed by atoms with Crippen LogP contribution in [0.25, 0.3) is 0 Å². The third-order valence-corrected chi connectivity index (χ3v) is 2.85. The first-order valence-electron chi connectivity index (χ1n) is 6.06. The van der Waals surface area contributed by atoms with E-state index in [1.54, 1.807) is 7.11 Å². The van der Waals surface area contributed by atoms with Crippen molar-refractivity contribution < 1.29 is 4.74 Å². The molecule has 1 saturated carbocycles. The molecule has 0 unspecified atom stereocenters. The molecule has 1 aromatic rings. The van der Waals surface area contributed by atoms with Crippen LogP contribution in [0, 0.1) is 0 Å². The van der Waals surface area contributed by atoms with Crippen molar-refractivity contribution in [2.24, 2.45) is 0 Å². The monoisotopic (exact) mass is 236 g/mol. The van der Waals surface area contributed by atoms with E-state index in [1.165, 1.54) is 12.8 Å². The largest absolute Gasteiger partial charge is 0.383 e. The molecule has 0 amide bonds. The first kappa shape index (κ1) is 12.3. The third-order valence-electron chi connectivity index (χ3n) is 2.85. The second-order valence-corrected chi connectivity index (χ2v) is 4.34. The number of ether oxygens (including phenoxy) is 1. The number of rotatable bonds is 7. The summed E-state index contributed by atoms with van der Waals surface area (Å²) in [6.07, 6.45) is 6.26. The molecule has 0 aliphatic heterocycles. The first-order chi connectivity index (χ1) is 8.35. The molecule has 2 rings (SSSR count). The van der Waals surface area contributed by atoms with E-state index >= 15 is 0 Å². The lowest BCUT2D eigenvalue weighted by Gasteiger charge is -2.21. The zero-order valence-electron chi connectivity index (χ0n) is 10.5. The van der Waals surface area contributed by atoms with E-state index in [9.17, 15) is 0 Å². The summed E-state index contributed by atoms with van der Waals surface area (Å²) in [6.45, 7) is 2.40. The van der Waals surface area contributed by atoms with Gasteiger partial charge >= 0.3 is 0 Å². The van der Waals surface area contributed by atoms with Gasteiger partial charge in [-0.25, -0.2) is 9.97 Å². The highest BCUT2D eigenvalue weighted by molar-refractivity contribution is 5.34. The average molecular weight is 236 g/mol. The first-order valence-corrected chi connectivity index (χ1v) is 6.06. The summed E-state index contributed by atoms with van der Waals surface area (Å²) in [6, 6.07) is 0.611. The molecular weight excluding hydrogens is 216 g/mol. The molecule has 1 aromatic heterocycles. The molecule has 1 fully saturated rings. The minimum atomic E-state index is 0.611. The number of nitrogens with one attached hydrogen (secondary N) is 1. The van der Waals surface area contributed by atoms with Gasteiger partial charge < -0.3 is 15.0 Å². The van der Waals surface area contributed by atoms with E-state index in [4.69, 9.17) is 4.74 Å². The number of methoxy groups -OCH3 is 1. The molecule has 94 valence electrons. The fourth-order valence-corrected chi connectivity index (χ4v) is 1.81. The van der Waals surface area contributed by atoms with E-state index in [1.807, 2.05) is 19.4 Å². The molecule has 0 spiro atoms. The minimum Gasteiger partial charge on any atom is -0.383 e. The van der Waals surface area contributed by atoms with E-state index in [0.717, 1.165) is 31.2 Å². The Balaban J connectivity index is 2.01. The van der Waals surface area contributed by atoms with Gasteiger partial charge in [0.15, 0.2) is 0 Å². The van der Waals surface area contributed by atoms with E-state index in [0.29, 0.717) is 6.04 Å². The Labute approximate surface area is 102 Å². The lowest BCUT2D eigenvalue weighted by Crippen LogP contribution is -2.31. The van der Waals surface area contributed by atoms with Crippen LogP contribution in [-0.2, 0) is 11.3 Å². The zero-order valence-corrected chi connectivity index (χ0v) is 10.5. The standard InChI is InChI=1S/C12H20N4O/c1-13-7-10-8-14-12(15-9-10)16(5-6-17-2)11-3-4-11/h8-9,11,13H,3-7H2,1-2H3. The molecule has 1 aliphatic carbocycles. The van der Waals surface area contributed by atoms with E-state index in [-0.39, 0.29) is 0 Å². The number of anilines is 1. The molecule has 0 bridgehead atoms. The van der Waals surface area contributed by atoms with Crippen molar-refractivity contribution in [3.63, 3.8) is 0 Å². The molecule has 5 nitrogen and oxygen atoms in total. The van der Waals surface area contributed by atoms with Crippen LogP contribution in [0.2, 0.25) is 0 Å². The summed E-state index contributed by atoms with van der Waals surface area (Å²) in [5, 5.41) is 3.09. The Hall–Kier alpha value is -1.20. The van der Waals surface area contributed by atoms with Crippen LogP contribution in [0.3, 0.4) is 0 Å². The summed E-state index contributed by atoms with van der Waals surface area (Å²) < 4.78 is 5.13. The molecule has 0 atom stereocenters. The van der Waals surface area contributed by atoms with Crippen molar-refractivity contribution in [1.82, 2.24) is 15.3 Å². The summed E-state index contributed by atoms with van der Waals surface area (Å²) in [7, 11) is 3.64. The smallest absolute Gasteiger partial charge is 0.225 e. The maximum Gasteiger partial charge on any atom is 0.225 e. The lowest BCUT2D eigenvalue weighted by molar-refractivity contribution is 0.204. The van der Waals surface area contributed by atoms with Gasteiger partial charge in [0, 0.05) is 44.2 Å². The van der Waals surface area contributed by atoms with Crippen molar-refractivity contribution in [2.75, 3.05) is 32.2 Å². The van der Waals surface area contributed by atoms with E-state index < -0.39 is 0 Å². The second kappa shape index (κ2) is 5.93. The molecule has 1 heterocycles. The minimum absolute atomic E-state index is 0.611. The van der Waals surface area contributed by atoms with Gasteiger partial charge in [-0.1, -0.05) is 0 Å². The highest BCUT2D eigenvalue weighted by Gasteiger charge is 2.30. The van der Waals surface area contributed by atoms with E-state index in [2.05, 4.69) is 20.2 Å².